The average molecular weight is 208 g/mol. The van der Waals surface area contributed by atoms with Crippen molar-refractivity contribution in [2.45, 2.75) is 39.7 Å². The SMILES string of the molecule is CCCOc1ccc(CC(C)O)cc1C. The van der Waals surface area contributed by atoms with Crippen molar-refractivity contribution in [1.29, 1.82) is 0 Å². The van der Waals surface area contributed by atoms with Gasteiger partial charge in [0.1, 0.15) is 5.75 Å². The maximum Gasteiger partial charge on any atom is 0.122 e. The summed E-state index contributed by atoms with van der Waals surface area (Å²) in [4.78, 5) is 0. The van der Waals surface area contributed by atoms with Crippen molar-refractivity contribution in [3.8, 4) is 5.75 Å². The highest BCUT2D eigenvalue weighted by Crippen LogP contribution is 2.20. The van der Waals surface area contributed by atoms with Crippen LogP contribution in [0.3, 0.4) is 0 Å². The van der Waals surface area contributed by atoms with E-state index in [1.807, 2.05) is 19.1 Å². The molecular weight excluding hydrogens is 188 g/mol. The fourth-order valence-corrected chi connectivity index (χ4v) is 1.55. The fourth-order valence-electron chi connectivity index (χ4n) is 1.55. The molecule has 0 radical (unpaired) electrons. The van der Waals surface area contributed by atoms with E-state index >= 15 is 0 Å². The molecule has 1 atom stereocenters. The van der Waals surface area contributed by atoms with Crippen LogP contribution >= 0.6 is 0 Å². The third-order valence-electron chi connectivity index (χ3n) is 2.23. The highest BCUT2D eigenvalue weighted by molar-refractivity contribution is 5.36. The molecule has 2 nitrogen and oxygen atoms in total. The maximum atomic E-state index is 9.28. The van der Waals surface area contributed by atoms with E-state index in [4.69, 9.17) is 4.74 Å². The fraction of sp³-hybridized carbons (Fsp3) is 0.538. The lowest BCUT2D eigenvalue weighted by Gasteiger charge is -2.10. The summed E-state index contributed by atoms with van der Waals surface area (Å²) in [5, 5.41) is 9.28. The van der Waals surface area contributed by atoms with Gasteiger partial charge < -0.3 is 9.84 Å². The minimum absolute atomic E-state index is 0.285. The van der Waals surface area contributed by atoms with E-state index in [0.29, 0.717) is 6.42 Å². The Hall–Kier alpha value is -1.02. The van der Waals surface area contributed by atoms with Crippen molar-refractivity contribution < 1.29 is 9.84 Å². The number of aliphatic hydroxyl groups excluding tert-OH is 1. The number of hydrogen-bond acceptors (Lipinski definition) is 2. The van der Waals surface area contributed by atoms with Crippen molar-refractivity contribution in [3.63, 3.8) is 0 Å². The van der Waals surface area contributed by atoms with Gasteiger partial charge in [0.05, 0.1) is 12.7 Å². The Kier molecular flexibility index (Phi) is 4.63. The Morgan fingerprint density at radius 2 is 2.13 bits per heavy atom. The van der Waals surface area contributed by atoms with Crippen LogP contribution in [-0.2, 0) is 6.42 Å². The molecule has 84 valence electrons. The van der Waals surface area contributed by atoms with E-state index < -0.39 is 0 Å². The summed E-state index contributed by atoms with van der Waals surface area (Å²) < 4.78 is 5.58. The average Bonchev–Trinajstić information content (AvgIpc) is 2.15. The zero-order valence-corrected chi connectivity index (χ0v) is 9.79. The van der Waals surface area contributed by atoms with Gasteiger partial charge in [-0.1, -0.05) is 19.1 Å². The molecule has 1 rings (SSSR count). The van der Waals surface area contributed by atoms with Gasteiger partial charge in [0, 0.05) is 0 Å². The number of rotatable bonds is 5. The molecule has 0 bridgehead atoms. The lowest BCUT2D eigenvalue weighted by molar-refractivity contribution is 0.195. The summed E-state index contributed by atoms with van der Waals surface area (Å²) in [6.45, 7) is 6.70. The van der Waals surface area contributed by atoms with Gasteiger partial charge in [-0.05, 0) is 43.9 Å². The van der Waals surface area contributed by atoms with Gasteiger partial charge in [-0.15, -0.1) is 0 Å². The minimum Gasteiger partial charge on any atom is -0.493 e. The zero-order chi connectivity index (χ0) is 11.3. The lowest BCUT2D eigenvalue weighted by Crippen LogP contribution is -2.05. The summed E-state index contributed by atoms with van der Waals surface area (Å²) in [5.41, 5.74) is 2.30. The normalized spacial score (nSPS) is 12.5. The molecule has 1 N–H and O–H groups in total. The van der Waals surface area contributed by atoms with Crippen LogP contribution in [0.2, 0.25) is 0 Å². The standard InChI is InChI=1S/C13H20O2/c1-4-7-15-13-6-5-12(8-10(13)2)9-11(3)14/h5-6,8,11,14H,4,7,9H2,1-3H3. The molecule has 0 aliphatic heterocycles. The number of aryl methyl sites for hydroxylation is 1. The summed E-state index contributed by atoms with van der Waals surface area (Å²) in [7, 11) is 0. The molecule has 1 aromatic carbocycles. The Balaban J connectivity index is 2.69. The molecule has 2 heteroatoms. The molecule has 0 saturated carbocycles. The van der Waals surface area contributed by atoms with Crippen LogP contribution in [0, 0.1) is 6.92 Å². The second kappa shape index (κ2) is 5.76. The molecule has 0 spiro atoms. The summed E-state index contributed by atoms with van der Waals surface area (Å²) in [6, 6.07) is 6.09. The summed E-state index contributed by atoms with van der Waals surface area (Å²) in [5.74, 6) is 0.950. The van der Waals surface area contributed by atoms with Crippen molar-refractivity contribution in [3.05, 3.63) is 29.3 Å². The minimum atomic E-state index is -0.285. The van der Waals surface area contributed by atoms with E-state index in [-0.39, 0.29) is 6.10 Å². The first-order valence-electron chi connectivity index (χ1n) is 5.54. The molecule has 0 amide bonds. The molecule has 1 unspecified atom stereocenters. The van der Waals surface area contributed by atoms with E-state index in [2.05, 4.69) is 13.0 Å². The Morgan fingerprint density at radius 3 is 2.67 bits per heavy atom. The van der Waals surface area contributed by atoms with Crippen molar-refractivity contribution in [1.82, 2.24) is 0 Å². The van der Waals surface area contributed by atoms with Crippen LogP contribution in [0.5, 0.6) is 5.75 Å². The van der Waals surface area contributed by atoms with E-state index in [1.165, 1.54) is 0 Å². The molecule has 0 aliphatic rings. The highest BCUT2D eigenvalue weighted by Gasteiger charge is 2.03. The topological polar surface area (TPSA) is 29.5 Å². The molecular formula is C13H20O2. The summed E-state index contributed by atoms with van der Waals surface area (Å²) in [6.07, 6.45) is 1.44. The monoisotopic (exact) mass is 208 g/mol. The second-order valence-corrected chi connectivity index (χ2v) is 4.00. The van der Waals surface area contributed by atoms with E-state index in [9.17, 15) is 5.11 Å². The Morgan fingerprint density at radius 1 is 1.40 bits per heavy atom. The van der Waals surface area contributed by atoms with Crippen LogP contribution in [0.25, 0.3) is 0 Å². The van der Waals surface area contributed by atoms with Crippen molar-refractivity contribution >= 4 is 0 Å². The van der Waals surface area contributed by atoms with Crippen LogP contribution in [0.1, 0.15) is 31.4 Å². The highest BCUT2D eigenvalue weighted by atomic mass is 16.5. The van der Waals surface area contributed by atoms with Gasteiger partial charge in [-0.3, -0.25) is 0 Å². The maximum absolute atomic E-state index is 9.28. The predicted octanol–water partition coefficient (Wildman–Crippen LogP) is 2.71. The Bertz CT molecular complexity index is 305. The molecule has 15 heavy (non-hydrogen) atoms. The third kappa shape index (κ3) is 3.92. The van der Waals surface area contributed by atoms with Gasteiger partial charge in [0.15, 0.2) is 0 Å². The molecule has 1 aromatic rings. The molecule has 0 aliphatic carbocycles. The summed E-state index contributed by atoms with van der Waals surface area (Å²) >= 11 is 0. The van der Waals surface area contributed by atoms with Gasteiger partial charge in [-0.25, -0.2) is 0 Å². The van der Waals surface area contributed by atoms with Crippen LogP contribution in [0.15, 0.2) is 18.2 Å². The zero-order valence-electron chi connectivity index (χ0n) is 9.79. The molecule has 0 heterocycles. The van der Waals surface area contributed by atoms with E-state index in [1.54, 1.807) is 6.92 Å². The lowest BCUT2D eigenvalue weighted by atomic mass is 10.1. The van der Waals surface area contributed by atoms with Crippen molar-refractivity contribution in [2.75, 3.05) is 6.61 Å². The largest absolute Gasteiger partial charge is 0.493 e. The van der Waals surface area contributed by atoms with Crippen LogP contribution < -0.4 is 4.74 Å². The van der Waals surface area contributed by atoms with Crippen LogP contribution in [0.4, 0.5) is 0 Å². The molecule has 0 fully saturated rings. The van der Waals surface area contributed by atoms with Gasteiger partial charge in [-0.2, -0.15) is 0 Å². The smallest absolute Gasteiger partial charge is 0.122 e. The molecule has 0 saturated heterocycles. The first-order valence-corrected chi connectivity index (χ1v) is 5.54. The predicted molar refractivity (Wildman–Crippen MR) is 62.3 cm³/mol. The van der Waals surface area contributed by atoms with E-state index in [0.717, 1.165) is 29.9 Å². The second-order valence-electron chi connectivity index (χ2n) is 4.00. The van der Waals surface area contributed by atoms with Gasteiger partial charge >= 0.3 is 0 Å². The van der Waals surface area contributed by atoms with Crippen LogP contribution in [-0.4, -0.2) is 17.8 Å². The quantitative estimate of drug-likeness (QED) is 0.806. The van der Waals surface area contributed by atoms with Gasteiger partial charge in [0.25, 0.3) is 0 Å². The number of ether oxygens (including phenoxy) is 1. The molecule has 0 aromatic heterocycles. The Labute approximate surface area is 91.9 Å². The number of hydrogen-bond donors (Lipinski definition) is 1. The third-order valence-corrected chi connectivity index (χ3v) is 2.23. The first-order chi connectivity index (χ1) is 7.13. The van der Waals surface area contributed by atoms with Gasteiger partial charge in [0.2, 0.25) is 0 Å². The number of benzene rings is 1. The number of aliphatic hydroxyl groups is 1. The first kappa shape index (κ1) is 12.1. The van der Waals surface area contributed by atoms with Crippen molar-refractivity contribution in [2.24, 2.45) is 0 Å².